The molecule has 1 aromatic heterocycles. The van der Waals surface area contributed by atoms with Crippen LogP contribution in [0.5, 0.6) is 0 Å². The summed E-state index contributed by atoms with van der Waals surface area (Å²) < 4.78 is 45.5. The molecule has 0 aliphatic carbocycles. The second kappa shape index (κ2) is 22.5. The van der Waals surface area contributed by atoms with Gasteiger partial charge in [-0.1, -0.05) is 38.1 Å². The van der Waals surface area contributed by atoms with Gasteiger partial charge in [0.15, 0.2) is 0 Å². The number of carbonyl (C=O) groups is 3. The number of anilines is 2. The lowest BCUT2D eigenvalue weighted by atomic mass is 10.0. The van der Waals surface area contributed by atoms with Crippen LogP contribution in [0.3, 0.4) is 0 Å². The van der Waals surface area contributed by atoms with Gasteiger partial charge in [-0.3, -0.25) is 19.4 Å². The highest BCUT2D eigenvalue weighted by Gasteiger charge is 2.30. The zero-order valence-corrected chi connectivity index (χ0v) is 35.0. The number of halogens is 3. The Morgan fingerprint density at radius 3 is 2.36 bits per heavy atom. The molecule has 1 fully saturated rings. The lowest BCUT2D eigenvalue weighted by Gasteiger charge is -2.29. The predicted octanol–water partition coefficient (Wildman–Crippen LogP) is 8.38. The quantitative estimate of drug-likeness (QED) is 0.0857. The maximum atomic E-state index is 13.7. The number of amides is 3. The number of thioether (sulfide) groups is 1. The second-order valence-electron chi connectivity index (χ2n) is 14.5. The molecule has 1 saturated heterocycles. The van der Waals surface area contributed by atoms with Crippen molar-refractivity contribution in [1.82, 2.24) is 20.1 Å². The SMILES string of the molecule is CCN(CC)CCN(C)C(=O)CCOCCSCc1cccc(C(=O)Nc2ccc(N3CCCCC3)cc2-c2cc(C(=O)NCc3cccc(C(F)(F)F)c3)ccn2)c1. The van der Waals surface area contributed by atoms with Crippen molar-refractivity contribution in [2.24, 2.45) is 0 Å². The molecule has 10 nitrogen and oxygen atoms in total. The number of likely N-dealkylation sites (N-methyl/N-ethyl adjacent to an activating group) is 2. The van der Waals surface area contributed by atoms with E-state index in [9.17, 15) is 27.6 Å². The Morgan fingerprint density at radius 1 is 0.847 bits per heavy atom. The van der Waals surface area contributed by atoms with Crippen LogP contribution in [0.15, 0.2) is 85.1 Å². The van der Waals surface area contributed by atoms with E-state index in [1.54, 1.807) is 34.9 Å². The van der Waals surface area contributed by atoms with Crippen LogP contribution in [-0.4, -0.2) is 97.8 Å². The minimum atomic E-state index is -4.48. The molecule has 0 spiro atoms. The molecule has 59 heavy (non-hydrogen) atoms. The molecule has 14 heteroatoms. The van der Waals surface area contributed by atoms with Gasteiger partial charge in [-0.05, 0) is 98.1 Å². The fourth-order valence-electron chi connectivity index (χ4n) is 6.78. The average Bonchev–Trinajstić information content (AvgIpc) is 3.25. The van der Waals surface area contributed by atoms with Crippen molar-refractivity contribution >= 4 is 40.9 Å². The van der Waals surface area contributed by atoms with Crippen LogP contribution in [-0.2, 0) is 28.0 Å². The van der Waals surface area contributed by atoms with Crippen LogP contribution in [0.2, 0.25) is 0 Å². The first-order valence-corrected chi connectivity index (χ1v) is 21.4. The van der Waals surface area contributed by atoms with E-state index >= 15 is 0 Å². The first kappa shape index (κ1) is 45.2. The molecule has 2 N–H and O–H groups in total. The summed E-state index contributed by atoms with van der Waals surface area (Å²) in [7, 11) is 1.83. The van der Waals surface area contributed by atoms with E-state index in [1.807, 2.05) is 43.4 Å². The van der Waals surface area contributed by atoms with E-state index in [0.717, 1.165) is 74.7 Å². The van der Waals surface area contributed by atoms with Crippen LogP contribution in [0, 0.1) is 0 Å². The highest BCUT2D eigenvalue weighted by molar-refractivity contribution is 7.98. The zero-order valence-electron chi connectivity index (χ0n) is 34.2. The number of pyridine rings is 1. The summed E-state index contributed by atoms with van der Waals surface area (Å²) in [6, 6.07) is 21.3. The largest absolute Gasteiger partial charge is 0.416 e. The van der Waals surface area contributed by atoms with E-state index < -0.39 is 17.6 Å². The van der Waals surface area contributed by atoms with Crippen molar-refractivity contribution in [3.05, 3.63) is 113 Å². The number of rotatable bonds is 20. The molecule has 1 aliphatic heterocycles. The summed E-state index contributed by atoms with van der Waals surface area (Å²) in [5.74, 6) is 0.732. The van der Waals surface area contributed by atoms with Crippen molar-refractivity contribution in [3.8, 4) is 11.3 Å². The fourth-order valence-corrected chi connectivity index (χ4v) is 7.57. The van der Waals surface area contributed by atoms with E-state index in [1.165, 1.54) is 24.8 Å². The molecule has 316 valence electrons. The number of nitrogens with one attached hydrogen (secondary N) is 2. The van der Waals surface area contributed by atoms with Gasteiger partial charge >= 0.3 is 6.18 Å². The minimum Gasteiger partial charge on any atom is -0.380 e. The molecule has 3 amide bonds. The van der Waals surface area contributed by atoms with Crippen molar-refractivity contribution in [1.29, 1.82) is 0 Å². The van der Waals surface area contributed by atoms with Crippen LogP contribution >= 0.6 is 11.8 Å². The maximum absolute atomic E-state index is 13.7. The van der Waals surface area contributed by atoms with Gasteiger partial charge in [0.1, 0.15) is 0 Å². The number of ether oxygens (including phenoxy) is 1. The molecule has 0 bridgehead atoms. The second-order valence-corrected chi connectivity index (χ2v) is 15.6. The molecule has 3 aromatic carbocycles. The number of alkyl halides is 3. The predicted molar refractivity (Wildman–Crippen MR) is 230 cm³/mol. The Balaban J connectivity index is 1.19. The number of hydrogen-bond donors (Lipinski definition) is 2. The highest BCUT2D eigenvalue weighted by Crippen LogP contribution is 2.34. The van der Waals surface area contributed by atoms with Crippen molar-refractivity contribution in [2.45, 2.75) is 58.0 Å². The molecule has 4 aromatic rings. The van der Waals surface area contributed by atoms with E-state index in [-0.39, 0.29) is 23.9 Å². The van der Waals surface area contributed by atoms with Crippen molar-refractivity contribution in [3.63, 3.8) is 0 Å². The average molecular weight is 833 g/mol. The fraction of sp³-hybridized carbons (Fsp3) is 0.422. The molecular formula is C45H55F3N6O4S. The first-order chi connectivity index (χ1) is 28.4. The summed E-state index contributed by atoms with van der Waals surface area (Å²) in [5, 5.41) is 5.79. The third-order valence-electron chi connectivity index (χ3n) is 10.3. The standard InChI is InChI=1S/C45H55F3N6O4S/c1-4-53(5-2)23-22-52(3)42(55)18-24-58-25-26-59-32-34-12-9-13-35(27-34)44(57)51-40-16-15-38(54-20-7-6-8-21-54)30-39(40)41-29-36(17-19-49-41)43(56)50-31-33-11-10-14-37(28-33)45(46,47)48/h9-17,19,27-30H,4-8,18,20-26,31-32H2,1-3H3,(H,50,56)(H,51,57). The smallest absolute Gasteiger partial charge is 0.380 e. The first-order valence-electron chi connectivity index (χ1n) is 20.3. The number of hydrogen-bond acceptors (Lipinski definition) is 8. The normalized spacial score (nSPS) is 13.0. The monoisotopic (exact) mass is 832 g/mol. The Morgan fingerprint density at radius 2 is 1.59 bits per heavy atom. The molecule has 5 rings (SSSR count). The lowest BCUT2D eigenvalue weighted by Crippen LogP contribution is -2.36. The van der Waals surface area contributed by atoms with E-state index in [2.05, 4.69) is 39.3 Å². The van der Waals surface area contributed by atoms with Crippen LogP contribution in [0.4, 0.5) is 24.5 Å². The van der Waals surface area contributed by atoms with Crippen LogP contribution in [0.25, 0.3) is 11.3 Å². The third kappa shape index (κ3) is 13.8. The van der Waals surface area contributed by atoms with Crippen LogP contribution in [0.1, 0.15) is 76.9 Å². The van der Waals surface area contributed by atoms with Crippen molar-refractivity contribution < 1.29 is 32.3 Å². The summed E-state index contributed by atoms with van der Waals surface area (Å²) in [6.45, 7) is 10.3. The Kier molecular flexibility index (Phi) is 17.2. The Labute approximate surface area is 349 Å². The molecule has 1 aliphatic rings. The molecule has 0 saturated carbocycles. The van der Waals surface area contributed by atoms with Gasteiger partial charge in [0, 0.05) is 79.9 Å². The highest BCUT2D eigenvalue weighted by atomic mass is 32.2. The van der Waals surface area contributed by atoms with Gasteiger partial charge in [0.05, 0.1) is 36.6 Å². The number of carbonyl (C=O) groups excluding carboxylic acids is 3. The van der Waals surface area contributed by atoms with Gasteiger partial charge in [0.25, 0.3) is 11.8 Å². The number of aromatic nitrogens is 1. The summed E-state index contributed by atoms with van der Waals surface area (Å²) in [5.41, 5.74) is 3.89. The molecule has 0 radical (unpaired) electrons. The number of piperidine rings is 1. The maximum Gasteiger partial charge on any atom is 0.416 e. The summed E-state index contributed by atoms with van der Waals surface area (Å²) >= 11 is 1.69. The topological polar surface area (TPSA) is 107 Å². The van der Waals surface area contributed by atoms with Gasteiger partial charge in [-0.2, -0.15) is 24.9 Å². The van der Waals surface area contributed by atoms with Gasteiger partial charge < -0.3 is 30.1 Å². The Bertz CT molecular complexity index is 2000. The molecule has 0 unspecified atom stereocenters. The minimum absolute atomic E-state index is 0.0765. The van der Waals surface area contributed by atoms with Crippen LogP contribution < -0.4 is 15.5 Å². The van der Waals surface area contributed by atoms with Crippen molar-refractivity contribution in [2.75, 3.05) is 75.5 Å². The molecule has 0 atom stereocenters. The number of nitrogens with zero attached hydrogens (tertiary/aromatic N) is 4. The molecular weight excluding hydrogens is 778 g/mol. The lowest BCUT2D eigenvalue weighted by molar-refractivity contribution is -0.137. The van der Waals surface area contributed by atoms with Gasteiger partial charge in [-0.15, -0.1) is 0 Å². The zero-order chi connectivity index (χ0) is 42.2. The van der Waals surface area contributed by atoms with Gasteiger partial charge in [-0.25, -0.2) is 0 Å². The third-order valence-corrected chi connectivity index (χ3v) is 11.3. The summed E-state index contributed by atoms with van der Waals surface area (Å²) in [4.78, 5) is 50.4. The van der Waals surface area contributed by atoms with Gasteiger partial charge in [0.2, 0.25) is 5.91 Å². The molecule has 2 heterocycles. The van der Waals surface area contributed by atoms with E-state index in [4.69, 9.17) is 4.74 Å². The van der Waals surface area contributed by atoms with E-state index in [0.29, 0.717) is 60.0 Å². The summed E-state index contributed by atoms with van der Waals surface area (Å²) in [6.07, 6.45) is 0.689. The number of benzene rings is 3. The Hall–Kier alpha value is -4.92.